The summed E-state index contributed by atoms with van der Waals surface area (Å²) in [6, 6.07) is 38.2. The van der Waals surface area contributed by atoms with Gasteiger partial charge in [-0.25, -0.2) is 0 Å². The molecule has 0 aliphatic heterocycles. The van der Waals surface area contributed by atoms with Crippen LogP contribution >= 0.6 is 0 Å². The molecule has 0 atom stereocenters. The molecule has 1 aliphatic carbocycles. The summed E-state index contributed by atoms with van der Waals surface area (Å²) in [4.78, 5) is 2.22. The highest BCUT2D eigenvalue weighted by atomic mass is 16.3. The topological polar surface area (TPSA) is 43.7 Å². The Labute approximate surface area is 198 Å². The van der Waals surface area contributed by atoms with Crippen molar-refractivity contribution in [2.45, 2.75) is 6.42 Å². The first-order chi connectivity index (χ1) is 16.7. The van der Waals surface area contributed by atoms with Gasteiger partial charge in [0.1, 0.15) is 11.5 Å². The summed E-state index contributed by atoms with van der Waals surface area (Å²) >= 11 is 0. The Balaban J connectivity index is 1.43. The normalized spacial score (nSPS) is 11.6. The number of nitrogens with zero attached hydrogens (tertiary/aromatic N) is 1. The van der Waals surface area contributed by atoms with Crippen molar-refractivity contribution in [3.8, 4) is 33.8 Å². The molecule has 0 fully saturated rings. The maximum atomic E-state index is 10.8. The molecule has 3 nitrogen and oxygen atoms in total. The number of phenols is 2. The number of phenolic OH excluding ortho intramolecular Hbond substituents is 2. The summed E-state index contributed by atoms with van der Waals surface area (Å²) in [5.41, 5.74) is 9.44. The molecule has 5 aromatic carbocycles. The third-order valence-corrected chi connectivity index (χ3v) is 6.48. The molecule has 0 saturated carbocycles. The van der Waals surface area contributed by atoms with Crippen molar-refractivity contribution in [3.05, 3.63) is 126 Å². The van der Waals surface area contributed by atoms with Crippen molar-refractivity contribution in [3.63, 3.8) is 0 Å². The first kappa shape index (κ1) is 20.1. The Bertz CT molecular complexity index is 1440. The van der Waals surface area contributed by atoms with Crippen LogP contribution in [0.4, 0.5) is 17.1 Å². The van der Waals surface area contributed by atoms with Crippen LogP contribution in [0.5, 0.6) is 11.5 Å². The Kier molecular flexibility index (Phi) is 4.81. The van der Waals surface area contributed by atoms with Crippen LogP contribution in [-0.4, -0.2) is 10.2 Å². The Morgan fingerprint density at radius 3 is 1.79 bits per heavy atom. The Morgan fingerprint density at radius 1 is 0.559 bits per heavy atom. The van der Waals surface area contributed by atoms with Crippen LogP contribution in [-0.2, 0) is 6.42 Å². The molecular formula is C31H23NO2. The van der Waals surface area contributed by atoms with Crippen molar-refractivity contribution >= 4 is 17.1 Å². The predicted octanol–water partition coefficient (Wildman–Crippen LogP) is 7.81. The summed E-state index contributed by atoms with van der Waals surface area (Å²) in [6.07, 6.45) is 0.685. The smallest absolute Gasteiger partial charge is 0.123 e. The summed E-state index contributed by atoms with van der Waals surface area (Å²) < 4.78 is 0. The quantitative estimate of drug-likeness (QED) is 0.293. The van der Waals surface area contributed by atoms with Gasteiger partial charge in [0.15, 0.2) is 0 Å². The number of para-hydroxylation sites is 2. The summed E-state index contributed by atoms with van der Waals surface area (Å²) in [5.74, 6) is 0.537. The molecule has 0 bridgehead atoms. The molecule has 0 saturated heterocycles. The number of rotatable bonds is 4. The molecule has 0 heterocycles. The van der Waals surface area contributed by atoms with Crippen LogP contribution in [0, 0.1) is 0 Å². The molecule has 5 aromatic rings. The van der Waals surface area contributed by atoms with Gasteiger partial charge in [-0.1, -0.05) is 60.7 Å². The van der Waals surface area contributed by atoms with Gasteiger partial charge in [-0.3, -0.25) is 0 Å². The maximum Gasteiger partial charge on any atom is 0.123 e. The molecule has 3 heteroatoms. The number of hydrogen-bond acceptors (Lipinski definition) is 3. The summed E-state index contributed by atoms with van der Waals surface area (Å²) in [5, 5.41) is 20.8. The molecule has 2 N–H and O–H groups in total. The highest BCUT2D eigenvalue weighted by Gasteiger charge is 2.24. The zero-order valence-electron chi connectivity index (χ0n) is 18.5. The van der Waals surface area contributed by atoms with Crippen LogP contribution in [0.15, 0.2) is 115 Å². The van der Waals surface area contributed by atoms with Gasteiger partial charge in [-0.05, 0) is 88.8 Å². The molecule has 0 spiro atoms. The van der Waals surface area contributed by atoms with E-state index in [1.165, 1.54) is 0 Å². The predicted molar refractivity (Wildman–Crippen MR) is 138 cm³/mol. The molecule has 164 valence electrons. The maximum absolute atomic E-state index is 10.8. The van der Waals surface area contributed by atoms with E-state index in [0.29, 0.717) is 6.42 Å². The van der Waals surface area contributed by atoms with E-state index in [2.05, 4.69) is 53.4 Å². The highest BCUT2D eigenvalue weighted by Crippen LogP contribution is 2.46. The van der Waals surface area contributed by atoms with E-state index in [1.807, 2.05) is 54.6 Å². The lowest BCUT2D eigenvalue weighted by atomic mass is 9.94. The second-order valence-corrected chi connectivity index (χ2v) is 8.56. The van der Waals surface area contributed by atoms with Crippen molar-refractivity contribution in [2.75, 3.05) is 4.90 Å². The fourth-order valence-electron chi connectivity index (χ4n) is 4.95. The van der Waals surface area contributed by atoms with Gasteiger partial charge in [0.2, 0.25) is 0 Å². The van der Waals surface area contributed by atoms with Crippen LogP contribution in [0.1, 0.15) is 11.1 Å². The number of anilines is 3. The van der Waals surface area contributed by atoms with Gasteiger partial charge in [-0.2, -0.15) is 0 Å². The van der Waals surface area contributed by atoms with Crippen LogP contribution in [0.2, 0.25) is 0 Å². The largest absolute Gasteiger partial charge is 0.508 e. The van der Waals surface area contributed by atoms with Gasteiger partial charge in [0, 0.05) is 22.6 Å². The van der Waals surface area contributed by atoms with E-state index in [-0.39, 0.29) is 11.5 Å². The Morgan fingerprint density at radius 2 is 1.15 bits per heavy atom. The van der Waals surface area contributed by atoms with Crippen molar-refractivity contribution in [2.24, 2.45) is 0 Å². The number of benzene rings is 5. The third-order valence-electron chi connectivity index (χ3n) is 6.48. The second-order valence-electron chi connectivity index (χ2n) is 8.56. The highest BCUT2D eigenvalue weighted by molar-refractivity contribution is 5.88. The van der Waals surface area contributed by atoms with Crippen LogP contribution in [0.25, 0.3) is 22.3 Å². The lowest BCUT2D eigenvalue weighted by Gasteiger charge is -2.25. The SMILES string of the molecule is Oc1ccc2c(c1)Cc1c-2ccc(O)c1-c1ccc(N(c2ccccc2)c2ccccc2)cc1. The number of aromatic hydroxyl groups is 2. The van der Waals surface area contributed by atoms with Gasteiger partial charge >= 0.3 is 0 Å². The van der Waals surface area contributed by atoms with Crippen molar-refractivity contribution < 1.29 is 10.2 Å². The molecule has 1 aliphatic rings. The summed E-state index contributed by atoms with van der Waals surface area (Å²) in [7, 11) is 0. The monoisotopic (exact) mass is 441 g/mol. The van der Waals surface area contributed by atoms with Gasteiger partial charge in [-0.15, -0.1) is 0 Å². The van der Waals surface area contributed by atoms with Gasteiger partial charge in [0.25, 0.3) is 0 Å². The third kappa shape index (κ3) is 3.39. The molecule has 34 heavy (non-hydrogen) atoms. The Hall–Kier alpha value is -4.50. The van der Waals surface area contributed by atoms with Gasteiger partial charge in [0.05, 0.1) is 0 Å². The van der Waals surface area contributed by atoms with Crippen LogP contribution < -0.4 is 4.90 Å². The summed E-state index contributed by atoms with van der Waals surface area (Å²) in [6.45, 7) is 0. The number of hydrogen-bond donors (Lipinski definition) is 2. The lowest BCUT2D eigenvalue weighted by molar-refractivity contribution is 0.475. The van der Waals surface area contributed by atoms with Gasteiger partial charge < -0.3 is 15.1 Å². The van der Waals surface area contributed by atoms with E-state index in [4.69, 9.17) is 0 Å². The average molecular weight is 442 g/mol. The van der Waals surface area contributed by atoms with E-state index in [9.17, 15) is 10.2 Å². The van der Waals surface area contributed by atoms with Crippen molar-refractivity contribution in [1.29, 1.82) is 0 Å². The first-order valence-electron chi connectivity index (χ1n) is 11.4. The van der Waals surface area contributed by atoms with E-state index in [1.54, 1.807) is 12.1 Å². The molecular weight excluding hydrogens is 418 g/mol. The first-order valence-corrected chi connectivity index (χ1v) is 11.4. The molecule has 0 aromatic heterocycles. The number of fused-ring (bicyclic) bond motifs is 3. The van der Waals surface area contributed by atoms with E-state index >= 15 is 0 Å². The average Bonchev–Trinajstić information content (AvgIpc) is 3.23. The lowest BCUT2D eigenvalue weighted by Crippen LogP contribution is -2.09. The zero-order chi connectivity index (χ0) is 23.1. The molecule has 0 radical (unpaired) electrons. The van der Waals surface area contributed by atoms with Crippen LogP contribution in [0.3, 0.4) is 0 Å². The van der Waals surface area contributed by atoms with Crippen molar-refractivity contribution in [1.82, 2.24) is 0 Å². The fourth-order valence-corrected chi connectivity index (χ4v) is 4.95. The molecule has 6 rings (SSSR count). The standard InChI is InChI=1S/C31H23NO2/c33-26-15-16-27-22(19-26)20-29-28(27)17-18-30(34)31(29)21-11-13-25(14-12-21)32(23-7-3-1-4-8-23)24-9-5-2-6-10-24/h1-19,33-34H,20H2. The molecule has 0 unspecified atom stereocenters. The minimum Gasteiger partial charge on any atom is -0.508 e. The minimum atomic E-state index is 0.267. The zero-order valence-corrected chi connectivity index (χ0v) is 18.5. The van der Waals surface area contributed by atoms with E-state index < -0.39 is 0 Å². The fraction of sp³-hybridized carbons (Fsp3) is 0.0323. The van der Waals surface area contributed by atoms with E-state index in [0.717, 1.165) is 50.4 Å². The minimum absolute atomic E-state index is 0.267. The second kappa shape index (κ2) is 8.13. The molecule has 0 amide bonds.